The lowest BCUT2D eigenvalue weighted by atomic mass is 9.99. The highest BCUT2D eigenvalue weighted by Gasteiger charge is 2.22. The second-order valence-electron chi connectivity index (χ2n) is 5.31. The number of rotatable bonds is 9. The Morgan fingerprint density at radius 1 is 1.54 bits per heavy atom. The zero-order valence-electron chi connectivity index (χ0n) is 13.9. The van der Waals surface area contributed by atoms with Gasteiger partial charge in [0.2, 0.25) is 0 Å². The number of allylic oxidation sites excluding steroid dienone is 1. The number of nitrogen functional groups attached to an aromatic ring is 1. The van der Waals surface area contributed by atoms with Gasteiger partial charge in [0, 0.05) is 22.6 Å². The molecule has 0 atom stereocenters. The molecule has 0 saturated heterocycles. The van der Waals surface area contributed by atoms with E-state index < -0.39 is 4.92 Å². The largest absolute Gasteiger partial charge is 0.465 e. The monoisotopic (exact) mass is 399 g/mol. The third-order valence-electron chi connectivity index (χ3n) is 3.44. The zero-order chi connectivity index (χ0) is 18.3. The Balaban J connectivity index is 3.18. The van der Waals surface area contributed by atoms with Gasteiger partial charge < -0.3 is 10.5 Å². The average Bonchev–Trinajstić information content (AvgIpc) is 2.49. The minimum Gasteiger partial charge on any atom is -0.465 e. The molecule has 0 unspecified atom stereocenters. The molecule has 0 aliphatic carbocycles. The van der Waals surface area contributed by atoms with Crippen LogP contribution >= 0.6 is 15.9 Å². The van der Waals surface area contributed by atoms with Crippen molar-refractivity contribution in [2.45, 2.75) is 26.3 Å². The Morgan fingerprint density at radius 3 is 2.75 bits per heavy atom. The molecule has 7 nitrogen and oxygen atoms in total. The Hall–Kier alpha value is -1.93. The summed E-state index contributed by atoms with van der Waals surface area (Å²) in [5.41, 5.74) is 7.53. The SMILES string of the molecule is C=CCCc1c(Br)cc([N+](=O)[O-])c(N)c1CN(C)CC(=O)OCC. The van der Waals surface area contributed by atoms with Crippen LogP contribution in [0.3, 0.4) is 0 Å². The standard InChI is InChI=1S/C16H22BrN3O4/c1-4-6-7-11-12(9-19(3)10-15(21)24-5-2)16(18)14(20(22)23)8-13(11)17/h4,8H,1,5-7,9-10,18H2,2-3H3. The van der Waals surface area contributed by atoms with Crippen LogP contribution in [0.1, 0.15) is 24.5 Å². The molecule has 0 amide bonds. The molecule has 0 heterocycles. The molecule has 1 rings (SSSR count). The van der Waals surface area contributed by atoms with E-state index in [1.807, 2.05) is 0 Å². The molecule has 0 aliphatic rings. The van der Waals surface area contributed by atoms with Crippen molar-refractivity contribution in [2.75, 3.05) is 25.9 Å². The van der Waals surface area contributed by atoms with Crippen LogP contribution in [0.4, 0.5) is 11.4 Å². The molecular formula is C16H22BrN3O4. The number of esters is 1. The van der Waals surface area contributed by atoms with E-state index >= 15 is 0 Å². The normalized spacial score (nSPS) is 10.7. The topological polar surface area (TPSA) is 98.7 Å². The minimum atomic E-state index is -0.508. The van der Waals surface area contributed by atoms with E-state index in [1.54, 1.807) is 24.9 Å². The summed E-state index contributed by atoms with van der Waals surface area (Å²) in [4.78, 5) is 24.0. The first-order chi connectivity index (χ1) is 11.3. The number of carbonyl (C=O) groups is 1. The van der Waals surface area contributed by atoms with Crippen LogP contribution in [0.25, 0.3) is 0 Å². The molecule has 0 saturated carbocycles. The quantitative estimate of drug-likeness (QED) is 0.225. The molecule has 0 bridgehead atoms. The number of nitro groups is 1. The highest BCUT2D eigenvalue weighted by Crippen LogP contribution is 2.35. The summed E-state index contributed by atoms with van der Waals surface area (Å²) in [5, 5.41) is 11.2. The van der Waals surface area contributed by atoms with Crippen molar-refractivity contribution in [3.05, 3.63) is 44.4 Å². The number of hydrogen-bond acceptors (Lipinski definition) is 6. The maximum atomic E-state index is 11.6. The van der Waals surface area contributed by atoms with Crippen LogP contribution in [0.15, 0.2) is 23.2 Å². The zero-order valence-corrected chi connectivity index (χ0v) is 15.5. The van der Waals surface area contributed by atoms with Crippen molar-refractivity contribution < 1.29 is 14.5 Å². The number of anilines is 1. The van der Waals surface area contributed by atoms with E-state index in [0.717, 1.165) is 5.56 Å². The average molecular weight is 400 g/mol. The molecule has 0 spiro atoms. The molecule has 2 N–H and O–H groups in total. The fourth-order valence-electron chi connectivity index (χ4n) is 2.35. The third-order valence-corrected chi connectivity index (χ3v) is 4.15. The molecule has 0 radical (unpaired) electrons. The molecule has 1 aromatic rings. The van der Waals surface area contributed by atoms with Gasteiger partial charge in [-0.3, -0.25) is 19.8 Å². The predicted octanol–water partition coefficient (Wildman–Crippen LogP) is 3.05. The smallest absolute Gasteiger partial charge is 0.320 e. The summed E-state index contributed by atoms with van der Waals surface area (Å²) in [6.07, 6.45) is 3.13. The summed E-state index contributed by atoms with van der Waals surface area (Å²) in [6, 6.07) is 1.42. The summed E-state index contributed by atoms with van der Waals surface area (Å²) in [5.74, 6) is -0.351. The molecule has 0 aliphatic heterocycles. The number of nitrogens with two attached hydrogens (primary N) is 1. The second kappa shape index (κ2) is 9.39. The van der Waals surface area contributed by atoms with E-state index in [-0.39, 0.29) is 23.9 Å². The third kappa shape index (κ3) is 5.31. The van der Waals surface area contributed by atoms with Crippen molar-refractivity contribution in [1.82, 2.24) is 4.90 Å². The van der Waals surface area contributed by atoms with Crippen LogP contribution in [-0.2, 0) is 22.5 Å². The fourth-order valence-corrected chi connectivity index (χ4v) is 3.00. The molecule has 0 aromatic heterocycles. The van der Waals surface area contributed by atoms with E-state index in [1.165, 1.54) is 6.07 Å². The van der Waals surface area contributed by atoms with Crippen LogP contribution in [0.2, 0.25) is 0 Å². The van der Waals surface area contributed by atoms with E-state index in [0.29, 0.717) is 36.0 Å². The predicted molar refractivity (Wildman–Crippen MR) is 96.7 cm³/mol. The number of likely N-dealkylation sites (N-methyl/N-ethyl adjacent to an activating group) is 1. The molecule has 1 aromatic carbocycles. The summed E-state index contributed by atoms with van der Waals surface area (Å²) in [6.45, 7) is 6.12. The van der Waals surface area contributed by atoms with Crippen LogP contribution in [0, 0.1) is 10.1 Å². The molecule has 0 fully saturated rings. The molecule has 132 valence electrons. The van der Waals surface area contributed by atoms with Gasteiger partial charge in [0.15, 0.2) is 0 Å². The second-order valence-corrected chi connectivity index (χ2v) is 6.16. The lowest BCUT2D eigenvalue weighted by molar-refractivity contribution is -0.384. The van der Waals surface area contributed by atoms with Crippen molar-refractivity contribution in [2.24, 2.45) is 0 Å². The van der Waals surface area contributed by atoms with Crippen molar-refractivity contribution in [3.63, 3.8) is 0 Å². The van der Waals surface area contributed by atoms with Gasteiger partial charge in [0.05, 0.1) is 18.1 Å². The molecular weight excluding hydrogens is 378 g/mol. The Labute approximate surface area is 149 Å². The van der Waals surface area contributed by atoms with E-state index in [2.05, 4.69) is 22.5 Å². The highest BCUT2D eigenvalue weighted by molar-refractivity contribution is 9.10. The van der Waals surface area contributed by atoms with Crippen LogP contribution in [0.5, 0.6) is 0 Å². The lowest BCUT2D eigenvalue weighted by Crippen LogP contribution is -2.28. The van der Waals surface area contributed by atoms with Crippen molar-refractivity contribution >= 4 is 33.3 Å². The number of ether oxygens (including phenoxy) is 1. The number of halogens is 1. The van der Waals surface area contributed by atoms with Gasteiger partial charge >= 0.3 is 5.97 Å². The van der Waals surface area contributed by atoms with E-state index in [4.69, 9.17) is 10.5 Å². The van der Waals surface area contributed by atoms with Crippen molar-refractivity contribution in [3.8, 4) is 0 Å². The first-order valence-corrected chi connectivity index (χ1v) is 8.30. The lowest BCUT2D eigenvalue weighted by Gasteiger charge is -2.20. The number of hydrogen-bond donors (Lipinski definition) is 1. The van der Waals surface area contributed by atoms with E-state index in [9.17, 15) is 14.9 Å². The Kier molecular flexibility index (Phi) is 7.87. The fraction of sp³-hybridized carbons (Fsp3) is 0.438. The van der Waals surface area contributed by atoms with Gasteiger partial charge in [-0.05, 0) is 32.4 Å². The maximum absolute atomic E-state index is 11.6. The van der Waals surface area contributed by atoms with Crippen LogP contribution < -0.4 is 5.73 Å². The van der Waals surface area contributed by atoms with Gasteiger partial charge in [-0.15, -0.1) is 6.58 Å². The molecule has 24 heavy (non-hydrogen) atoms. The Bertz CT molecular complexity index is 634. The number of benzene rings is 1. The number of carbonyl (C=O) groups excluding carboxylic acids is 1. The summed E-state index contributed by atoms with van der Waals surface area (Å²) < 4.78 is 5.55. The number of nitro benzene ring substituents is 1. The number of nitrogens with zero attached hydrogens (tertiary/aromatic N) is 2. The first-order valence-electron chi connectivity index (χ1n) is 7.50. The van der Waals surface area contributed by atoms with Gasteiger partial charge in [0.1, 0.15) is 5.69 Å². The molecule has 8 heteroatoms. The minimum absolute atomic E-state index is 0.0779. The van der Waals surface area contributed by atoms with Gasteiger partial charge in [-0.25, -0.2) is 0 Å². The maximum Gasteiger partial charge on any atom is 0.320 e. The van der Waals surface area contributed by atoms with Gasteiger partial charge in [-0.2, -0.15) is 0 Å². The highest BCUT2D eigenvalue weighted by atomic mass is 79.9. The van der Waals surface area contributed by atoms with Gasteiger partial charge in [-0.1, -0.05) is 22.0 Å². The summed E-state index contributed by atoms with van der Waals surface area (Å²) in [7, 11) is 1.74. The Morgan fingerprint density at radius 2 is 2.21 bits per heavy atom. The first kappa shape index (κ1) is 20.1. The van der Waals surface area contributed by atoms with Crippen LogP contribution in [-0.4, -0.2) is 36.0 Å². The van der Waals surface area contributed by atoms with Crippen molar-refractivity contribution in [1.29, 1.82) is 0 Å². The summed E-state index contributed by atoms with van der Waals surface area (Å²) >= 11 is 3.39. The van der Waals surface area contributed by atoms with Gasteiger partial charge in [0.25, 0.3) is 5.69 Å².